The monoisotopic (exact) mass is 282 g/mol. The van der Waals surface area contributed by atoms with E-state index in [-0.39, 0.29) is 11.8 Å². The molecule has 110 valence electrons. The Balaban J connectivity index is 2.05. The van der Waals surface area contributed by atoms with Crippen LogP contribution in [0.2, 0.25) is 0 Å². The van der Waals surface area contributed by atoms with Crippen molar-refractivity contribution >= 4 is 11.6 Å². The molecule has 0 aliphatic carbocycles. The summed E-state index contributed by atoms with van der Waals surface area (Å²) in [5.41, 5.74) is 8.99. The fourth-order valence-corrected chi connectivity index (χ4v) is 2.11. The number of benzene rings is 2. The van der Waals surface area contributed by atoms with Gasteiger partial charge in [0.1, 0.15) is 0 Å². The summed E-state index contributed by atoms with van der Waals surface area (Å²) < 4.78 is 0. The van der Waals surface area contributed by atoms with Crippen LogP contribution in [0.25, 0.3) is 11.1 Å². The Morgan fingerprint density at radius 1 is 1.05 bits per heavy atom. The summed E-state index contributed by atoms with van der Waals surface area (Å²) in [5, 5.41) is 2.87. The number of hydrogen-bond donors (Lipinski definition) is 2. The third-order valence-corrected chi connectivity index (χ3v) is 3.82. The summed E-state index contributed by atoms with van der Waals surface area (Å²) >= 11 is 0. The van der Waals surface area contributed by atoms with Gasteiger partial charge in [0, 0.05) is 5.69 Å². The van der Waals surface area contributed by atoms with E-state index in [1.165, 1.54) is 0 Å². The third-order valence-electron chi connectivity index (χ3n) is 3.82. The van der Waals surface area contributed by atoms with Gasteiger partial charge in [-0.3, -0.25) is 4.79 Å². The fraction of sp³-hybridized carbons (Fsp3) is 0.278. The van der Waals surface area contributed by atoms with Gasteiger partial charge in [0.25, 0.3) is 0 Å². The highest BCUT2D eigenvalue weighted by molar-refractivity contribution is 5.95. The summed E-state index contributed by atoms with van der Waals surface area (Å²) in [7, 11) is 0. The molecule has 0 spiro atoms. The van der Waals surface area contributed by atoms with E-state index in [1.807, 2.05) is 56.3 Å². The van der Waals surface area contributed by atoms with Crippen molar-refractivity contribution in [2.45, 2.75) is 26.3 Å². The fourth-order valence-electron chi connectivity index (χ4n) is 2.11. The maximum atomic E-state index is 12.0. The van der Waals surface area contributed by atoms with E-state index >= 15 is 0 Å². The van der Waals surface area contributed by atoms with Crippen molar-refractivity contribution in [3.05, 3.63) is 54.6 Å². The number of hydrogen-bond acceptors (Lipinski definition) is 2. The molecule has 0 aliphatic rings. The molecule has 1 amide bonds. The topological polar surface area (TPSA) is 55.1 Å². The van der Waals surface area contributed by atoms with E-state index in [2.05, 4.69) is 17.4 Å². The molecule has 0 saturated heterocycles. The Hall–Kier alpha value is -2.13. The zero-order chi connectivity index (χ0) is 15.2. The van der Waals surface area contributed by atoms with Crippen molar-refractivity contribution in [1.29, 1.82) is 0 Å². The van der Waals surface area contributed by atoms with Crippen LogP contribution in [-0.2, 0) is 4.79 Å². The second-order valence-corrected chi connectivity index (χ2v) is 5.34. The number of nitrogens with one attached hydrogen (secondary N) is 1. The van der Waals surface area contributed by atoms with Crippen molar-refractivity contribution in [3.63, 3.8) is 0 Å². The molecular weight excluding hydrogens is 260 g/mol. The van der Waals surface area contributed by atoms with Crippen LogP contribution in [0.3, 0.4) is 0 Å². The lowest BCUT2D eigenvalue weighted by atomic mass is 9.99. The van der Waals surface area contributed by atoms with Crippen LogP contribution in [0.5, 0.6) is 0 Å². The summed E-state index contributed by atoms with van der Waals surface area (Å²) in [5.74, 6) is 0.0467. The van der Waals surface area contributed by atoms with Crippen molar-refractivity contribution in [2.75, 3.05) is 5.32 Å². The Kier molecular flexibility index (Phi) is 5.12. The zero-order valence-electron chi connectivity index (χ0n) is 12.5. The van der Waals surface area contributed by atoms with Gasteiger partial charge >= 0.3 is 0 Å². The predicted octanol–water partition coefficient (Wildman–Crippen LogP) is 3.67. The Labute approximate surface area is 126 Å². The normalized spacial score (nSPS) is 13.5. The van der Waals surface area contributed by atoms with E-state index in [9.17, 15) is 4.79 Å². The first kappa shape index (κ1) is 15.3. The standard InChI is InChI=1S/C18H22N2O/c1-3-13(2)17(19)18(21)20-16-11-9-15(10-12-16)14-7-5-4-6-8-14/h4-13,17H,3,19H2,1-2H3,(H,20,21)/t13?,17-/m0/s1. The molecule has 0 aromatic heterocycles. The predicted molar refractivity (Wildman–Crippen MR) is 87.9 cm³/mol. The first-order valence-electron chi connectivity index (χ1n) is 7.33. The van der Waals surface area contributed by atoms with Gasteiger partial charge < -0.3 is 11.1 Å². The van der Waals surface area contributed by atoms with Crippen molar-refractivity contribution in [1.82, 2.24) is 0 Å². The largest absolute Gasteiger partial charge is 0.325 e. The molecule has 3 heteroatoms. The molecule has 0 heterocycles. The summed E-state index contributed by atoms with van der Waals surface area (Å²) in [6.07, 6.45) is 0.890. The highest BCUT2D eigenvalue weighted by Crippen LogP contribution is 2.21. The van der Waals surface area contributed by atoms with Gasteiger partial charge in [0.05, 0.1) is 6.04 Å². The smallest absolute Gasteiger partial charge is 0.241 e. The molecule has 1 unspecified atom stereocenters. The number of rotatable bonds is 5. The minimum atomic E-state index is -0.469. The average Bonchev–Trinajstić information content (AvgIpc) is 2.54. The molecule has 0 fully saturated rings. The van der Waals surface area contributed by atoms with Crippen molar-refractivity contribution in [2.24, 2.45) is 11.7 Å². The van der Waals surface area contributed by atoms with E-state index in [0.717, 1.165) is 23.2 Å². The van der Waals surface area contributed by atoms with Crippen LogP contribution in [-0.4, -0.2) is 11.9 Å². The highest BCUT2D eigenvalue weighted by atomic mass is 16.2. The van der Waals surface area contributed by atoms with Gasteiger partial charge in [-0.1, -0.05) is 62.7 Å². The number of carbonyl (C=O) groups is 1. The lowest BCUT2D eigenvalue weighted by molar-refractivity contribution is -0.118. The van der Waals surface area contributed by atoms with Crippen molar-refractivity contribution in [3.8, 4) is 11.1 Å². The molecule has 2 rings (SSSR count). The second-order valence-electron chi connectivity index (χ2n) is 5.34. The summed E-state index contributed by atoms with van der Waals surface area (Å²) in [6.45, 7) is 4.02. The van der Waals surface area contributed by atoms with Gasteiger partial charge in [0.15, 0.2) is 0 Å². The molecule has 0 radical (unpaired) electrons. The van der Waals surface area contributed by atoms with Gasteiger partial charge in [-0.15, -0.1) is 0 Å². The van der Waals surface area contributed by atoms with Gasteiger partial charge in [-0.05, 0) is 29.2 Å². The van der Waals surface area contributed by atoms with Crippen LogP contribution in [0, 0.1) is 5.92 Å². The lowest BCUT2D eigenvalue weighted by Gasteiger charge is -2.17. The molecule has 2 aromatic rings. The van der Waals surface area contributed by atoms with E-state index in [0.29, 0.717) is 0 Å². The van der Waals surface area contributed by atoms with Crippen LogP contribution in [0.4, 0.5) is 5.69 Å². The van der Waals surface area contributed by atoms with E-state index in [4.69, 9.17) is 5.73 Å². The second kappa shape index (κ2) is 7.04. The highest BCUT2D eigenvalue weighted by Gasteiger charge is 2.19. The van der Waals surface area contributed by atoms with Crippen LogP contribution >= 0.6 is 0 Å². The molecular formula is C18H22N2O. The van der Waals surface area contributed by atoms with Gasteiger partial charge in [-0.25, -0.2) is 0 Å². The number of nitrogens with two attached hydrogens (primary N) is 1. The number of anilines is 1. The van der Waals surface area contributed by atoms with Crippen LogP contribution < -0.4 is 11.1 Å². The summed E-state index contributed by atoms with van der Waals surface area (Å²) in [4.78, 5) is 12.0. The van der Waals surface area contributed by atoms with E-state index in [1.54, 1.807) is 0 Å². The average molecular weight is 282 g/mol. The van der Waals surface area contributed by atoms with Gasteiger partial charge in [-0.2, -0.15) is 0 Å². The number of amides is 1. The zero-order valence-corrected chi connectivity index (χ0v) is 12.5. The third kappa shape index (κ3) is 3.92. The minimum Gasteiger partial charge on any atom is -0.325 e. The maximum absolute atomic E-state index is 12.0. The SMILES string of the molecule is CCC(C)[C@H](N)C(=O)Nc1ccc(-c2ccccc2)cc1. The Morgan fingerprint density at radius 3 is 2.19 bits per heavy atom. The quantitative estimate of drug-likeness (QED) is 0.879. The molecule has 3 N–H and O–H groups in total. The number of carbonyl (C=O) groups excluding carboxylic acids is 1. The molecule has 0 saturated carbocycles. The Bertz CT molecular complexity index is 578. The van der Waals surface area contributed by atoms with Crippen LogP contribution in [0.15, 0.2) is 54.6 Å². The van der Waals surface area contributed by atoms with Crippen molar-refractivity contribution < 1.29 is 4.79 Å². The van der Waals surface area contributed by atoms with Gasteiger partial charge in [0.2, 0.25) is 5.91 Å². The molecule has 0 aliphatic heterocycles. The first-order valence-corrected chi connectivity index (χ1v) is 7.33. The molecule has 21 heavy (non-hydrogen) atoms. The molecule has 2 aromatic carbocycles. The molecule has 2 atom stereocenters. The summed E-state index contributed by atoms with van der Waals surface area (Å²) in [6, 6.07) is 17.5. The van der Waals surface area contributed by atoms with E-state index < -0.39 is 6.04 Å². The molecule has 0 bridgehead atoms. The molecule has 3 nitrogen and oxygen atoms in total. The Morgan fingerprint density at radius 2 is 1.62 bits per heavy atom. The van der Waals surface area contributed by atoms with Crippen LogP contribution in [0.1, 0.15) is 20.3 Å². The maximum Gasteiger partial charge on any atom is 0.241 e. The lowest BCUT2D eigenvalue weighted by Crippen LogP contribution is -2.40. The minimum absolute atomic E-state index is 0.128. The first-order chi connectivity index (χ1) is 10.1.